The lowest BCUT2D eigenvalue weighted by molar-refractivity contribution is 0.308. The molecule has 2 rings (SSSR count). The molecule has 63 valence electrons. The monoisotopic (exact) mass is 164 g/mol. The molecule has 0 spiro atoms. The Morgan fingerprint density at radius 2 is 2.33 bits per heavy atom. The van der Waals surface area contributed by atoms with Crippen LogP contribution < -0.4 is 9.64 Å². The van der Waals surface area contributed by atoms with Crippen molar-refractivity contribution < 1.29 is 9.84 Å². The molecule has 1 heterocycles. The number of rotatable bonds is 0. The van der Waals surface area contributed by atoms with Crippen molar-refractivity contribution in [2.45, 2.75) is 0 Å². The van der Waals surface area contributed by atoms with Crippen LogP contribution in [0, 0.1) is 0 Å². The molecule has 12 heavy (non-hydrogen) atoms. The highest BCUT2D eigenvalue weighted by Crippen LogP contribution is 2.33. The van der Waals surface area contributed by atoms with Crippen LogP contribution in [0.3, 0.4) is 0 Å². The minimum atomic E-state index is 0.0334. The van der Waals surface area contributed by atoms with E-state index in [0.717, 1.165) is 18.0 Å². The van der Waals surface area contributed by atoms with Crippen molar-refractivity contribution in [2.24, 2.45) is 0 Å². The van der Waals surface area contributed by atoms with Gasteiger partial charge in [0.2, 0.25) is 0 Å². The van der Waals surface area contributed by atoms with E-state index in [9.17, 15) is 5.11 Å². The highest BCUT2D eigenvalue weighted by atomic mass is 16.5. The molecule has 0 bridgehead atoms. The predicted molar refractivity (Wildman–Crippen MR) is 45.3 cm³/mol. The van der Waals surface area contributed by atoms with Gasteiger partial charge in [0.15, 0.2) is 5.75 Å². The summed E-state index contributed by atoms with van der Waals surface area (Å²) in [6, 6.07) is 4.86. The summed E-state index contributed by atoms with van der Waals surface area (Å²) in [5.74, 6) is 0.842. The topological polar surface area (TPSA) is 32.4 Å². The van der Waals surface area contributed by atoms with Gasteiger partial charge >= 0.3 is 0 Å². The summed E-state index contributed by atoms with van der Waals surface area (Å²) in [4.78, 5) is 2.03. The molecule has 1 aromatic rings. The summed E-state index contributed by atoms with van der Waals surface area (Å²) in [5, 5.41) is 11.0. The number of ether oxygens (including phenoxy) is 1. The predicted octanol–water partition coefficient (Wildman–Crippen LogP) is 1.66. The van der Waals surface area contributed by atoms with Gasteiger partial charge < -0.3 is 9.64 Å². The van der Waals surface area contributed by atoms with Gasteiger partial charge in [-0.2, -0.15) is 0 Å². The van der Waals surface area contributed by atoms with E-state index in [1.54, 1.807) is 12.1 Å². The molecule has 0 aliphatic carbocycles. The third-order valence-corrected chi connectivity index (χ3v) is 2.03. The van der Waals surface area contributed by atoms with Crippen molar-refractivity contribution in [1.29, 1.82) is 0 Å². The second kappa shape index (κ2) is 2.59. The minimum Gasteiger partial charge on any atom is -0.490 e. The van der Waals surface area contributed by atoms with Gasteiger partial charge in [0.05, 0.1) is 12.2 Å². The summed E-state index contributed by atoms with van der Waals surface area (Å²) >= 11 is 0. The lowest BCUT2D eigenvalue weighted by Gasteiger charge is -2.27. The fraction of sp³-hybridized carbons (Fsp3) is 0.333. The number of fused-ring (bicyclic) bond motifs is 1. The highest BCUT2D eigenvalue weighted by Gasteiger charge is 2.14. The Hall–Kier alpha value is -1.38. The molecule has 0 saturated carbocycles. The van der Waals surface area contributed by atoms with Gasteiger partial charge in [-0.1, -0.05) is 0 Å². The van der Waals surface area contributed by atoms with Gasteiger partial charge in [0.1, 0.15) is 12.4 Å². The number of hydrogen-bond donors (Lipinski definition) is 0. The fourth-order valence-corrected chi connectivity index (χ4v) is 1.33. The van der Waals surface area contributed by atoms with E-state index in [1.165, 1.54) is 6.07 Å². The first kappa shape index (κ1) is 7.28. The van der Waals surface area contributed by atoms with Crippen LogP contribution in [0.4, 0.5) is 5.69 Å². The molecule has 0 unspecified atom stereocenters. The Balaban J connectivity index is 2.47. The summed E-state index contributed by atoms with van der Waals surface area (Å²) in [5.41, 5.74) is 0.897. The quantitative estimate of drug-likeness (QED) is 0.584. The van der Waals surface area contributed by atoms with Crippen molar-refractivity contribution in [3.8, 4) is 11.5 Å². The van der Waals surface area contributed by atoms with Crippen molar-refractivity contribution in [2.75, 3.05) is 25.1 Å². The smallest absolute Gasteiger partial charge is 0.180 e. The number of anilines is 1. The summed E-state index contributed by atoms with van der Waals surface area (Å²) < 4.78 is 5.37. The number of hydrogen-bond acceptors (Lipinski definition) is 2. The van der Waals surface area contributed by atoms with Crippen LogP contribution in [0.1, 0.15) is 0 Å². The van der Waals surface area contributed by atoms with E-state index in [1.807, 2.05) is 11.9 Å². The first-order valence-electron chi connectivity index (χ1n) is 3.92. The molecule has 1 aromatic carbocycles. The van der Waals surface area contributed by atoms with E-state index in [4.69, 9.17) is 4.74 Å². The molecule has 0 fully saturated rings. The number of likely N-dealkylation sites (N-methyl/N-ethyl adjacent to an activating group) is 1. The van der Waals surface area contributed by atoms with Crippen molar-refractivity contribution >= 4 is 5.69 Å². The van der Waals surface area contributed by atoms with Gasteiger partial charge in [0.25, 0.3) is 0 Å². The first-order chi connectivity index (χ1) is 5.77. The Kier molecular flexibility index (Phi) is 1.57. The van der Waals surface area contributed by atoms with Crippen LogP contribution in [-0.2, 0) is 5.11 Å². The second-order valence-electron chi connectivity index (χ2n) is 2.90. The van der Waals surface area contributed by atoms with Crippen molar-refractivity contribution in [3.05, 3.63) is 18.2 Å². The molecule has 1 radical (unpaired) electrons. The molecule has 3 nitrogen and oxygen atoms in total. The van der Waals surface area contributed by atoms with Gasteiger partial charge in [-0.05, 0) is 12.1 Å². The SMILES string of the molecule is CN1CCOc2ccc([O])cc21. The van der Waals surface area contributed by atoms with Gasteiger partial charge in [-0.15, -0.1) is 0 Å². The van der Waals surface area contributed by atoms with E-state index >= 15 is 0 Å². The summed E-state index contributed by atoms with van der Waals surface area (Å²) in [7, 11) is 1.96. The largest absolute Gasteiger partial charge is 0.490 e. The molecule has 0 amide bonds. The molecule has 3 heteroatoms. The van der Waals surface area contributed by atoms with Crippen LogP contribution in [0.2, 0.25) is 0 Å². The van der Waals surface area contributed by atoms with Crippen LogP contribution in [0.25, 0.3) is 0 Å². The Morgan fingerprint density at radius 1 is 1.50 bits per heavy atom. The average molecular weight is 164 g/mol. The second-order valence-corrected chi connectivity index (χ2v) is 2.90. The first-order valence-corrected chi connectivity index (χ1v) is 3.92. The molecule has 0 aromatic heterocycles. The highest BCUT2D eigenvalue weighted by molar-refractivity contribution is 5.61. The average Bonchev–Trinajstić information content (AvgIpc) is 2.07. The van der Waals surface area contributed by atoms with Gasteiger partial charge in [-0.25, -0.2) is 0 Å². The summed E-state index contributed by atoms with van der Waals surface area (Å²) in [6.45, 7) is 1.54. The van der Waals surface area contributed by atoms with Gasteiger partial charge in [0, 0.05) is 13.1 Å². The van der Waals surface area contributed by atoms with E-state index < -0.39 is 0 Å². The Bertz CT molecular complexity index is 299. The van der Waals surface area contributed by atoms with E-state index in [2.05, 4.69) is 0 Å². The van der Waals surface area contributed by atoms with Gasteiger partial charge in [-0.3, -0.25) is 5.11 Å². The zero-order valence-electron chi connectivity index (χ0n) is 6.91. The maximum absolute atomic E-state index is 11.0. The maximum Gasteiger partial charge on any atom is 0.180 e. The standard InChI is InChI=1S/C9H10NO2/c1-10-4-5-12-9-3-2-7(11)6-8(9)10/h2-3,6H,4-5H2,1H3. The number of benzene rings is 1. The normalized spacial score (nSPS) is 15.2. The Labute approximate surface area is 71.2 Å². The van der Waals surface area contributed by atoms with Crippen LogP contribution in [0.15, 0.2) is 18.2 Å². The molecule has 0 atom stereocenters. The van der Waals surface area contributed by atoms with E-state index in [-0.39, 0.29) is 5.75 Å². The molecular weight excluding hydrogens is 154 g/mol. The molecule has 0 N–H and O–H groups in total. The lowest BCUT2D eigenvalue weighted by atomic mass is 10.2. The van der Waals surface area contributed by atoms with Crippen molar-refractivity contribution in [1.82, 2.24) is 0 Å². The Morgan fingerprint density at radius 3 is 3.17 bits per heavy atom. The maximum atomic E-state index is 11.0. The van der Waals surface area contributed by atoms with Crippen LogP contribution in [-0.4, -0.2) is 20.2 Å². The summed E-state index contributed by atoms with van der Waals surface area (Å²) in [6.07, 6.45) is 0. The fourth-order valence-electron chi connectivity index (χ4n) is 1.33. The molecule has 0 saturated heterocycles. The molecule has 1 aliphatic heterocycles. The number of nitrogens with zero attached hydrogens (tertiary/aromatic N) is 1. The van der Waals surface area contributed by atoms with E-state index in [0.29, 0.717) is 6.61 Å². The zero-order chi connectivity index (χ0) is 8.55. The molecular formula is C9H10NO2. The zero-order valence-corrected chi connectivity index (χ0v) is 6.91. The van der Waals surface area contributed by atoms with Crippen LogP contribution in [0.5, 0.6) is 11.5 Å². The lowest BCUT2D eigenvalue weighted by Crippen LogP contribution is -2.28. The third-order valence-electron chi connectivity index (χ3n) is 2.03. The minimum absolute atomic E-state index is 0.0334. The third kappa shape index (κ3) is 1.07. The van der Waals surface area contributed by atoms with Crippen molar-refractivity contribution in [3.63, 3.8) is 0 Å². The molecule has 1 aliphatic rings. The van der Waals surface area contributed by atoms with Crippen LogP contribution >= 0.6 is 0 Å².